The maximum absolute atomic E-state index is 14.4. The van der Waals surface area contributed by atoms with Gasteiger partial charge in [0.05, 0.1) is 30.5 Å². The summed E-state index contributed by atoms with van der Waals surface area (Å²) in [6.07, 6.45) is 2.10. The summed E-state index contributed by atoms with van der Waals surface area (Å²) in [7, 11) is 1.47. The van der Waals surface area contributed by atoms with Crippen molar-refractivity contribution in [1.29, 1.82) is 0 Å². The number of hydrogen-bond acceptors (Lipinski definition) is 5. The van der Waals surface area contributed by atoms with Gasteiger partial charge >= 0.3 is 0 Å². The lowest BCUT2D eigenvalue weighted by Crippen LogP contribution is -2.19. The van der Waals surface area contributed by atoms with Crippen LogP contribution in [0.25, 0.3) is 0 Å². The van der Waals surface area contributed by atoms with Gasteiger partial charge in [0.15, 0.2) is 11.5 Å². The van der Waals surface area contributed by atoms with E-state index in [1.54, 1.807) is 12.1 Å². The maximum Gasteiger partial charge on any atom is 0.255 e. The van der Waals surface area contributed by atoms with Crippen LogP contribution in [0.3, 0.4) is 0 Å². The second-order valence-electron chi connectivity index (χ2n) is 6.59. The summed E-state index contributed by atoms with van der Waals surface area (Å²) in [5.74, 6) is -0.166. The molecule has 2 aromatic rings. The number of anilines is 2. The molecule has 2 N–H and O–H groups in total. The normalized spacial score (nSPS) is 15.8. The van der Waals surface area contributed by atoms with Crippen LogP contribution in [0.1, 0.15) is 30.1 Å². The average molecular weight is 423 g/mol. The van der Waals surface area contributed by atoms with Gasteiger partial charge in [0.2, 0.25) is 0 Å². The van der Waals surface area contributed by atoms with E-state index in [1.165, 1.54) is 25.3 Å². The molecule has 29 heavy (non-hydrogen) atoms. The molecule has 3 rings (SSSR count). The Labute approximate surface area is 174 Å². The molecule has 0 radical (unpaired) electrons. The zero-order valence-corrected chi connectivity index (χ0v) is 17.1. The predicted molar refractivity (Wildman–Crippen MR) is 111 cm³/mol. The lowest BCUT2D eigenvalue weighted by Gasteiger charge is -2.14. The molecule has 1 unspecified atom stereocenters. The minimum atomic E-state index is -0.455. The summed E-state index contributed by atoms with van der Waals surface area (Å²) < 4.78 is 30.6. The number of amides is 1. The fraction of sp³-hybridized carbons (Fsp3) is 0.381. The molecule has 1 heterocycles. The fourth-order valence-corrected chi connectivity index (χ4v) is 3.37. The molecule has 0 aliphatic carbocycles. The average Bonchev–Trinajstić information content (AvgIpc) is 3.22. The first-order chi connectivity index (χ1) is 14.0. The van der Waals surface area contributed by atoms with E-state index in [4.69, 9.17) is 25.8 Å². The van der Waals surface area contributed by atoms with Gasteiger partial charge in [0, 0.05) is 24.4 Å². The van der Waals surface area contributed by atoms with Crippen molar-refractivity contribution >= 4 is 28.9 Å². The highest BCUT2D eigenvalue weighted by molar-refractivity contribution is 6.32. The van der Waals surface area contributed by atoms with E-state index >= 15 is 0 Å². The molecule has 1 atom stereocenters. The number of nitrogens with one attached hydrogen (secondary N) is 2. The van der Waals surface area contributed by atoms with Gasteiger partial charge in [0.1, 0.15) is 5.82 Å². The SMILES string of the molecule is CCOc1c(Cl)cc(C(=O)Nc2ccc(NCC3CCCO3)c(F)c2)cc1OC. The number of benzene rings is 2. The van der Waals surface area contributed by atoms with Crippen molar-refractivity contribution in [3.05, 3.63) is 46.7 Å². The van der Waals surface area contributed by atoms with Crippen molar-refractivity contribution in [2.75, 3.05) is 37.5 Å². The Morgan fingerprint density at radius 3 is 2.83 bits per heavy atom. The second-order valence-corrected chi connectivity index (χ2v) is 6.99. The Morgan fingerprint density at radius 2 is 2.17 bits per heavy atom. The van der Waals surface area contributed by atoms with Crippen LogP contribution >= 0.6 is 11.6 Å². The van der Waals surface area contributed by atoms with E-state index < -0.39 is 11.7 Å². The van der Waals surface area contributed by atoms with Crippen molar-refractivity contribution < 1.29 is 23.4 Å². The molecule has 1 amide bonds. The Bertz CT molecular complexity index is 872. The molecular formula is C21H24ClFN2O4. The third-order valence-electron chi connectivity index (χ3n) is 4.55. The molecule has 2 aromatic carbocycles. The van der Waals surface area contributed by atoms with Crippen LogP contribution in [-0.2, 0) is 4.74 Å². The molecule has 0 saturated carbocycles. The Morgan fingerprint density at radius 1 is 1.34 bits per heavy atom. The van der Waals surface area contributed by atoms with E-state index in [-0.39, 0.29) is 16.7 Å². The molecule has 6 nitrogen and oxygen atoms in total. The second kappa shape index (κ2) is 9.80. The van der Waals surface area contributed by atoms with Gasteiger partial charge in [-0.1, -0.05) is 11.6 Å². The largest absolute Gasteiger partial charge is 0.493 e. The van der Waals surface area contributed by atoms with Gasteiger partial charge in [-0.15, -0.1) is 0 Å². The van der Waals surface area contributed by atoms with Crippen molar-refractivity contribution in [1.82, 2.24) is 0 Å². The minimum absolute atomic E-state index is 0.105. The van der Waals surface area contributed by atoms with Gasteiger partial charge in [-0.2, -0.15) is 0 Å². The van der Waals surface area contributed by atoms with Crippen molar-refractivity contribution in [3.8, 4) is 11.5 Å². The van der Waals surface area contributed by atoms with Crippen LogP contribution in [0.5, 0.6) is 11.5 Å². The smallest absolute Gasteiger partial charge is 0.255 e. The van der Waals surface area contributed by atoms with Crippen LogP contribution in [-0.4, -0.2) is 38.9 Å². The van der Waals surface area contributed by atoms with Crippen LogP contribution in [0.2, 0.25) is 5.02 Å². The summed E-state index contributed by atoms with van der Waals surface area (Å²) in [6.45, 7) is 3.53. The van der Waals surface area contributed by atoms with Gasteiger partial charge in [-0.3, -0.25) is 4.79 Å². The van der Waals surface area contributed by atoms with Gasteiger partial charge in [0.25, 0.3) is 5.91 Å². The Kier molecular flexibility index (Phi) is 7.17. The Hall–Kier alpha value is -2.51. The number of halogens is 2. The molecule has 8 heteroatoms. The third kappa shape index (κ3) is 5.31. The predicted octanol–water partition coefficient (Wildman–Crippen LogP) is 4.73. The molecule has 1 aliphatic heterocycles. The van der Waals surface area contributed by atoms with Gasteiger partial charge < -0.3 is 24.8 Å². The number of carbonyl (C=O) groups excluding carboxylic acids is 1. The zero-order valence-electron chi connectivity index (χ0n) is 16.4. The van der Waals surface area contributed by atoms with Crippen molar-refractivity contribution in [3.63, 3.8) is 0 Å². The topological polar surface area (TPSA) is 68.8 Å². The zero-order chi connectivity index (χ0) is 20.8. The van der Waals surface area contributed by atoms with E-state index in [0.29, 0.717) is 36.0 Å². The van der Waals surface area contributed by atoms with E-state index in [2.05, 4.69) is 10.6 Å². The monoisotopic (exact) mass is 422 g/mol. The summed E-state index contributed by atoms with van der Waals surface area (Å²) >= 11 is 6.21. The summed E-state index contributed by atoms with van der Waals surface area (Å²) in [5.41, 5.74) is 0.972. The molecule has 1 aliphatic rings. The Balaban J connectivity index is 1.68. The van der Waals surface area contributed by atoms with Gasteiger partial charge in [-0.05, 0) is 50.1 Å². The molecule has 0 aromatic heterocycles. The molecule has 1 fully saturated rings. The van der Waals surface area contributed by atoms with Crippen molar-refractivity contribution in [2.45, 2.75) is 25.9 Å². The van der Waals surface area contributed by atoms with E-state index in [0.717, 1.165) is 19.4 Å². The summed E-state index contributed by atoms with van der Waals surface area (Å²) in [5, 5.41) is 5.97. The van der Waals surface area contributed by atoms with E-state index in [1.807, 2.05) is 6.92 Å². The van der Waals surface area contributed by atoms with Crippen LogP contribution < -0.4 is 20.1 Å². The highest BCUT2D eigenvalue weighted by Gasteiger charge is 2.18. The molecular weight excluding hydrogens is 399 g/mol. The fourth-order valence-electron chi connectivity index (χ4n) is 3.10. The van der Waals surface area contributed by atoms with Crippen LogP contribution in [0.15, 0.2) is 30.3 Å². The highest BCUT2D eigenvalue weighted by atomic mass is 35.5. The lowest BCUT2D eigenvalue weighted by molar-refractivity contribution is 0.102. The first-order valence-electron chi connectivity index (χ1n) is 9.48. The first-order valence-corrected chi connectivity index (χ1v) is 9.86. The summed E-state index contributed by atoms with van der Waals surface area (Å²) in [4.78, 5) is 12.6. The summed E-state index contributed by atoms with van der Waals surface area (Å²) in [6, 6.07) is 7.50. The number of hydrogen-bond donors (Lipinski definition) is 2. The quantitative estimate of drug-likeness (QED) is 0.643. The van der Waals surface area contributed by atoms with Crippen LogP contribution in [0.4, 0.5) is 15.8 Å². The number of carbonyl (C=O) groups is 1. The molecule has 0 bridgehead atoms. The number of ether oxygens (including phenoxy) is 3. The molecule has 156 valence electrons. The maximum atomic E-state index is 14.4. The molecule has 0 spiro atoms. The molecule has 1 saturated heterocycles. The van der Waals surface area contributed by atoms with Crippen LogP contribution in [0, 0.1) is 5.82 Å². The number of methoxy groups -OCH3 is 1. The van der Waals surface area contributed by atoms with Gasteiger partial charge in [-0.25, -0.2) is 4.39 Å². The van der Waals surface area contributed by atoms with Crippen molar-refractivity contribution in [2.24, 2.45) is 0 Å². The lowest BCUT2D eigenvalue weighted by atomic mass is 10.1. The standard InChI is InChI=1S/C21H24ClFN2O4/c1-3-28-20-16(22)9-13(10-19(20)27-2)21(26)25-14-6-7-18(17(23)11-14)24-12-15-5-4-8-29-15/h6-7,9-11,15,24H,3-5,8,12H2,1-2H3,(H,25,26). The first kappa shape index (κ1) is 21.2. The highest BCUT2D eigenvalue weighted by Crippen LogP contribution is 2.36. The third-order valence-corrected chi connectivity index (χ3v) is 4.83. The number of rotatable bonds is 8. The minimum Gasteiger partial charge on any atom is -0.493 e. The van der Waals surface area contributed by atoms with E-state index in [9.17, 15) is 9.18 Å².